The van der Waals surface area contributed by atoms with Gasteiger partial charge < -0.3 is 10.1 Å². The van der Waals surface area contributed by atoms with Crippen LogP contribution in [0.5, 0.6) is 5.75 Å². The summed E-state index contributed by atoms with van der Waals surface area (Å²) in [7, 11) is 0. The van der Waals surface area contributed by atoms with Crippen molar-refractivity contribution in [2.75, 3.05) is 6.61 Å². The van der Waals surface area contributed by atoms with Gasteiger partial charge in [-0.05, 0) is 46.8 Å². The average molecular weight is 222 g/mol. The Hall–Kier alpha value is -1.09. The number of aromatic nitrogens is 1. The molecule has 0 aromatic carbocycles. The number of nitrogens with zero attached hydrogens (tertiary/aromatic N) is 1. The van der Waals surface area contributed by atoms with Crippen molar-refractivity contribution in [1.82, 2.24) is 10.3 Å². The molecule has 1 N–H and O–H groups in total. The second-order valence-corrected chi connectivity index (χ2v) is 4.93. The number of ether oxygens (including phenoxy) is 1. The molecule has 16 heavy (non-hydrogen) atoms. The average Bonchev–Trinajstić information content (AvgIpc) is 2.17. The van der Waals surface area contributed by atoms with E-state index in [2.05, 4.69) is 31.1 Å². The van der Waals surface area contributed by atoms with Gasteiger partial charge in [-0.3, -0.25) is 4.98 Å². The minimum Gasteiger partial charge on any atom is -0.492 e. The van der Waals surface area contributed by atoms with Gasteiger partial charge >= 0.3 is 0 Å². The molecule has 0 spiro atoms. The van der Waals surface area contributed by atoms with E-state index in [0.717, 1.165) is 23.7 Å². The van der Waals surface area contributed by atoms with Gasteiger partial charge in [0, 0.05) is 17.8 Å². The summed E-state index contributed by atoms with van der Waals surface area (Å²) in [4.78, 5) is 4.51. The van der Waals surface area contributed by atoms with Crippen LogP contribution in [0.25, 0.3) is 0 Å². The van der Waals surface area contributed by atoms with Crippen LogP contribution < -0.4 is 10.1 Å². The molecule has 0 unspecified atom stereocenters. The first-order valence-corrected chi connectivity index (χ1v) is 5.76. The minimum absolute atomic E-state index is 0.0922. The van der Waals surface area contributed by atoms with Gasteiger partial charge in [0.05, 0.1) is 12.3 Å². The van der Waals surface area contributed by atoms with E-state index in [1.54, 1.807) is 0 Å². The summed E-state index contributed by atoms with van der Waals surface area (Å²) < 4.78 is 5.55. The highest BCUT2D eigenvalue weighted by Crippen LogP contribution is 2.17. The molecule has 0 saturated heterocycles. The third-order valence-corrected chi connectivity index (χ3v) is 2.16. The van der Waals surface area contributed by atoms with Gasteiger partial charge in [0.1, 0.15) is 5.75 Å². The maximum atomic E-state index is 5.55. The quantitative estimate of drug-likeness (QED) is 0.850. The van der Waals surface area contributed by atoms with Gasteiger partial charge in [-0.25, -0.2) is 0 Å². The summed E-state index contributed by atoms with van der Waals surface area (Å²) in [5.74, 6) is 0.879. The Morgan fingerprint density at radius 2 is 2.00 bits per heavy atom. The van der Waals surface area contributed by atoms with Gasteiger partial charge in [0.2, 0.25) is 0 Å². The summed E-state index contributed by atoms with van der Waals surface area (Å²) in [6.07, 6.45) is 0. The zero-order chi connectivity index (χ0) is 12.2. The second-order valence-electron chi connectivity index (χ2n) is 4.93. The predicted octanol–water partition coefficient (Wildman–Crippen LogP) is 2.68. The SMILES string of the molecule is CCOc1ccc(C)nc1CNC(C)(C)C. The van der Waals surface area contributed by atoms with Crippen molar-refractivity contribution in [2.45, 2.75) is 46.7 Å². The number of aryl methyl sites for hydroxylation is 1. The second kappa shape index (κ2) is 5.30. The van der Waals surface area contributed by atoms with Crippen molar-refractivity contribution in [3.8, 4) is 5.75 Å². The number of hydrogen-bond acceptors (Lipinski definition) is 3. The third-order valence-electron chi connectivity index (χ3n) is 2.16. The van der Waals surface area contributed by atoms with Crippen LogP contribution in [0.3, 0.4) is 0 Å². The monoisotopic (exact) mass is 222 g/mol. The lowest BCUT2D eigenvalue weighted by molar-refractivity contribution is 0.329. The number of nitrogens with one attached hydrogen (secondary N) is 1. The van der Waals surface area contributed by atoms with E-state index in [1.807, 2.05) is 26.0 Å². The van der Waals surface area contributed by atoms with E-state index in [4.69, 9.17) is 4.74 Å². The Balaban J connectivity index is 2.79. The normalized spacial score (nSPS) is 11.6. The van der Waals surface area contributed by atoms with Gasteiger partial charge in [0.25, 0.3) is 0 Å². The lowest BCUT2D eigenvalue weighted by atomic mass is 10.1. The van der Waals surface area contributed by atoms with Crippen LogP contribution in [0.4, 0.5) is 0 Å². The fraction of sp³-hybridized carbons (Fsp3) is 0.615. The van der Waals surface area contributed by atoms with Gasteiger partial charge in [-0.2, -0.15) is 0 Å². The van der Waals surface area contributed by atoms with Crippen molar-refractivity contribution in [3.05, 3.63) is 23.5 Å². The molecule has 0 bridgehead atoms. The minimum atomic E-state index is 0.0922. The molecule has 0 aliphatic carbocycles. The molecule has 0 amide bonds. The molecule has 90 valence electrons. The molecular weight excluding hydrogens is 200 g/mol. The zero-order valence-electron chi connectivity index (χ0n) is 10.9. The van der Waals surface area contributed by atoms with Gasteiger partial charge in [0.15, 0.2) is 0 Å². The first-order valence-electron chi connectivity index (χ1n) is 5.76. The molecule has 1 aromatic rings. The molecule has 0 aliphatic rings. The molecule has 0 aliphatic heterocycles. The lowest BCUT2D eigenvalue weighted by Crippen LogP contribution is -2.35. The summed E-state index contributed by atoms with van der Waals surface area (Å²) in [5, 5.41) is 3.42. The molecule has 3 nitrogen and oxygen atoms in total. The first-order chi connectivity index (χ1) is 7.42. The van der Waals surface area contributed by atoms with Crippen LogP contribution in [0.1, 0.15) is 39.1 Å². The number of pyridine rings is 1. The van der Waals surface area contributed by atoms with E-state index in [0.29, 0.717) is 6.61 Å². The van der Waals surface area contributed by atoms with E-state index in [1.165, 1.54) is 0 Å². The van der Waals surface area contributed by atoms with Crippen molar-refractivity contribution < 1.29 is 4.74 Å². The van der Waals surface area contributed by atoms with Crippen molar-refractivity contribution in [3.63, 3.8) is 0 Å². The Kier molecular flexibility index (Phi) is 4.30. The van der Waals surface area contributed by atoms with Crippen LogP contribution in [0.2, 0.25) is 0 Å². The highest BCUT2D eigenvalue weighted by molar-refractivity contribution is 5.29. The van der Waals surface area contributed by atoms with Crippen LogP contribution in [-0.4, -0.2) is 17.1 Å². The molecule has 1 aromatic heterocycles. The maximum absolute atomic E-state index is 5.55. The van der Waals surface area contributed by atoms with Crippen LogP contribution >= 0.6 is 0 Å². The first kappa shape index (κ1) is 13.0. The molecule has 0 fully saturated rings. The fourth-order valence-corrected chi connectivity index (χ4v) is 1.36. The number of rotatable bonds is 4. The van der Waals surface area contributed by atoms with Crippen LogP contribution in [-0.2, 0) is 6.54 Å². The molecule has 1 rings (SSSR count). The molecular formula is C13H22N2O. The highest BCUT2D eigenvalue weighted by atomic mass is 16.5. The molecule has 1 heterocycles. The Morgan fingerprint density at radius 1 is 1.31 bits per heavy atom. The smallest absolute Gasteiger partial charge is 0.142 e. The molecule has 0 radical (unpaired) electrons. The molecule has 0 saturated carbocycles. The summed E-state index contributed by atoms with van der Waals surface area (Å²) >= 11 is 0. The maximum Gasteiger partial charge on any atom is 0.142 e. The zero-order valence-corrected chi connectivity index (χ0v) is 10.9. The Morgan fingerprint density at radius 3 is 2.56 bits per heavy atom. The topological polar surface area (TPSA) is 34.1 Å². The fourth-order valence-electron chi connectivity index (χ4n) is 1.36. The number of hydrogen-bond donors (Lipinski definition) is 1. The van der Waals surface area contributed by atoms with Crippen LogP contribution in [0.15, 0.2) is 12.1 Å². The van der Waals surface area contributed by atoms with E-state index in [-0.39, 0.29) is 5.54 Å². The standard InChI is InChI=1S/C13H22N2O/c1-6-16-12-8-7-10(2)15-11(12)9-14-13(3,4)5/h7-8,14H,6,9H2,1-5H3. The summed E-state index contributed by atoms with van der Waals surface area (Å²) in [6, 6.07) is 3.97. The Bertz CT molecular complexity index is 342. The van der Waals surface area contributed by atoms with E-state index in [9.17, 15) is 0 Å². The summed E-state index contributed by atoms with van der Waals surface area (Å²) in [5.41, 5.74) is 2.10. The Labute approximate surface area is 98.2 Å². The van der Waals surface area contributed by atoms with Crippen LogP contribution in [0, 0.1) is 6.92 Å². The van der Waals surface area contributed by atoms with Gasteiger partial charge in [-0.15, -0.1) is 0 Å². The van der Waals surface area contributed by atoms with Crippen molar-refractivity contribution >= 4 is 0 Å². The lowest BCUT2D eigenvalue weighted by Gasteiger charge is -2.21. The predicted molar refractivity (Wildman–Crippen MR) is 66.7 cm³/mol. The van der Waals surface area contributed by atoms with E-state index < -0.39 is 0 Å². The van der Waals surface area contributed by atoms with E-state index >= 15 is 0 Å². The van der Waals surface area contributed by atoms with Crippen molar-refractivity contribution in [2.24, 2.45) is 0 Å². The highest BCUT2D eigenvalue weighted by Gasteiger charge is 2.12. The third kappa shape index (κ3) is 4.19. The van der Waals surface area contributed by atoms with Gasteiger partial charge in [-0.1, -0.05) is 0 Å². The summed E-state index contributed by atoms with van der Waals surface area (Å²) in [6.45, 7) is 11.8. The largest absolute Gasteiger partial charge is 0.492 e. The van der Waals surface area contributed by atoms with Crippen molar-refractivity contribution in [1.29, 1.82) is 0 Å². The molecule has 3 heteroatoms. The molecule has 0 atom stereocenters.